The Morgan fingerprint density at radius 3 is 2.14 bits per heavy atom. The zero-order valence-corrected chi connectivity index (χ0v) is 18.5. The van der Waals surface area contributed by atoms with E-state index < -0.39 is 17.9 Å². The van der Waals surface area contributed by atoms with Gasteiger partial charge in [-0.3, -0.25) is 0 Å². The van der Waals surface area contributed by atoms with Crippen molar-refractivity contribution in [2.45, 2.75) is 33.6 Å². The summed E-state index contributed by atoms with van der Waals surface area (Å²) in [5.74, 6) is 1.14. The maximum absolute atomic E-state index is 12.9. The largest absolute Gasteiger partial charge is 0.481 e. The second-order valence-electron chi connectivity index (χ2n) is 6.25. The van der Waals surface area contributed by atoms with E-state index in [0.29, 0.717) is 33.9 Å². The van der Waals surface area contributed by atoms with Gasteiger partial charge >= 0.3 is 11.9 Å². The molecular formula is C22H24BrNO5. The van der Waals surface area contributed by atoms with Crippen LogP contribution in [0.4, 0.5) is 0 Å². The normalized spacial score (nSPS) is 14.2. The molecular weight excluding hydrogens is 438 g/mol. The Labute approximate surface area is 179 Å². The van der Waals surface area contributed by atoms with Crippen molar-refractivity contribution in [3.63, 3.8) is 0 Å². The molecule has 0 aromatic heterocycles. The average Bonchev–Trinajstić information content (AvgIpc) is 2.66. The number of ether oxygens (including phenoxy) is 3. The van der Waals surface area contributed by atoms with Crippen LogP contribution in [0.15, 0.2) is 45.2 Å². The summed E-state index contributed by atoms with van der Waals surface area (Å²) in [6.07, 6.45) is 5.35. The van der Waals surface area contributed by atoms with Gasteiger partial charge in [0.25, 0.3) is 0 Å². The lowest BCUT2D eigenvalue weighted by Gasteiger charge is -2.31. The molecule has 2 rings (SSSR count). The van der Waals surface area contributed by atoms with Crippen molar-refractivity contribution in [1.29, 1.82) is 0 Å². The molecule has 1 heterocycles. The monoisotopic (exact) mass is 461 g/mol. The van der Waals surface area contributed by atoms with Gasteiger partial charge in [0.05, 0.1) is 30.3 Å². The SMILES string of the molecule is C#CCOc1ccc(Br)cc1C1C(C(=O)OCC)=C(C)NC(C)=C1C(=O)OCC. The van der Waals surface area contributed by atoms with E-state index in [-0.39, 0.29) is 19.8 Å². The molecule has 0 atom stereocenters. The molecule has 6 nitrogen and oxygen atoms in total. The number of nitrogens with one attached hydrogen (secondary N) is 1. The summed E-state index contributed by atoms with van der Waals surface area (Å²) in [5, 5.41) is 3.11. The van der Waals surface area contributed by atoms with Gasteiger partial charge in [-0.05, 0) is 45.9 Å². The highest BCUT2D eigenvalue weighted by Gasteiger charge is 2.39. The van der Waals surface area contributed by atoms with Crippen LogP contribution < -0.4 is 10.1 Å². The number of allylic oxidation sites excluding steroid dienone is 2. The molecule has 0 amide bonds. The predicted octanol–water partition coefficient (Wildman–Crippen LogP) is 3.82. The fourth-order valence-corrected chi connectivity index (χ4v) is 3.64. The van der Waals surface area contributed by atoms with Crippen LogP contribution in [0.5, 0.6) is 5.75 Å². The van der Waals surface area contributed by atoms with Crippen molar-refractivity contribution in [1.82, 2.24) is 5.32 Å². The van der Waals surface area contributed by atoms with Crippen molar-refractivity contribution in [3.05, 3.63) is 50.8 Å². The number of rotatable bonds is 7. The molecule has 0 spiro atoms. The van der Waals surface area contributed by atoms with Gasteiger partial charge in [0, 0.05) is 21.4 Å². The van der Waals surface area contributed by atoms with Gasteiger partial charge in [-0.25, -0.2) is 9.59 Å². The topological polar surface area (TPSA) is 73.9 Å². The van der Waals surface area contributed by atoms with Crippen molar-refractivity contribution < 1.29 is 23.8 Å². The Morgan fingerprint density at radius 1 is 1.10 bits per heavy atom. The number of hydrogen-bond acceptors (Lipinski definition) is 6. The zero-order valence-electron chi connectivity index (χ0n) is 16.9. The first-order chi connectivity index (χ1) is 13.8. The molecule has 0 saturated heterocycles. The number of carbonyl (C=O) groups is 2. The molecule has 1 aliphatic rings. The Kier molecular flexibility index (Phi) is 7.91. The minimum absolute atomic E-state index is 0.0501. The first-order valence-corrected chi connectivity index (χ1v) is 10.0. The summed E-state index contributed by atoms with van der Waals surface area (Å²) >= 11 is 3.46. The fourth-order valence-electron chi connectivity index (χ4n) is 3.26. The Bertz CT molecular complexity index is 870. The van der Waals surface area contributed by atoms with Crippen LogP contribution in [0.25, 0.3) is 0 Å². The van der Waals surface area contributed by atoms with Crippen molar-refractivity contribution in [3.8, 4) is 18.1 Å². The van der Waals surface area contributed by atoms with Gasteiger partial charge in [-0.1, -0.05) is 21.9 Å². The first kappa shape index (κ1) is 22.6. The maximum atomic E-state index is 12.9. The van der Waals surface area contributed by atoms with E-state index in [1.54, 1.807) is 45.9 Å². The van der Waals surface area contributed by atoms with Crippen molar-refractivity contribution in [2.24, 2.45) is 0 Å². The number of dihydropyridines is 1. The summed E-state index contributed by atoms with van der Waals surface area (Å²) in [6, 6.07) is 5.35. The zero-order chi connectivity index (χ0) is 21.6. The second kappa shape index (κ2) is 10.2. The smallest absolute Gasteiger partial charge is 0.336 e. The number of esters is 2. The lowest BCUT2D eigenvalue weighted by molar-refractivity contribution is -0.139. The second-order valence-corrected chi connectivity index (χ2v) is 7.17. The van der Waals surface area contributed by atoms with Crippen LogP contribution in [-0.4, -0.2) is 31.8 Å². The molecule has 1 aromatic rings. The molecule has 0 radical (unpaired) electrons. The lowest BCUT2D eigenvalue weighted by Crippen LogP contribution is -2.32. The van der Waals surface area contributed by atoms with E-state index >= 15 is 0 Å². The Hall–Kier alpha value is -2.72. The standard InChI is InChI=1S/C22H24BrNO5/c1-6-11-29-17-10-9-15(23)12-16(17)20-18(21(25)27-7-2)13(4)24-14(5)19(20)22(26)28-8-3/h1,9-10,12,20,24H,7-8,11H2,2-5H3. The average molecular weight is 462 g/mol. The van der Waals surface area contributed by atoms with Crippen LogP contribution in [0.2, 0.25) is 0 Å². The third-order valence-electron chi connectivity index (χ3n) is 4.34. The van der Waals surface area contributed by atoms with Crippen LogP contribution >= 0.6 is 15.9 Å². The van der Waals surface area contributed by atoms with Gasteiger partial charge in [-0.15, -0.1) is 6.42 Å². The molecule has 154 valence electrons. The van der Waals surface area contributed by atoms with E-state index in [1.165, 1.54) is 0 Å². The molecule has 7 heteroatoms. The van der Waals surface area contributed by atoms with E-state index in [2.05, 4.69) is 27.2 Å². The molecule has 0 unspecified atom stereocenters. The molecule has 0 aliphatic carbocycles. The van der Waals surface area contributed by atoms with Gasteiger partial charge < -0.3 is 19.5 Å². The molecule has 0 bridgehead atoms. The molecule has 29 heavy (non-hydrogen) atoms. The number of hydrogen-bond donors (Lipinski definition) is 1. The third-order valence-corrected chi connectivity index (χ3v) is 4.84. The molecule has 1 aromatic carbocycles. The highest BCUT2D eigenvalue weighted by atomic mass is 79.9. The van der Waals surface area contributed by atoms with Crippen molar-refractivity contribution in [2.75, 3.05) is 19.8 Å². The van der Waals surface area contributed by atoms with E-state index in [1.807, 2.05) is 0 Å². The van der Waals surface area contributed by atoms with Gasteiger partial charge in [0.15, 0.2) is 0 Å². The van der Waals surface area contributed by atoms with Crippen LogP contribution in [-0.2, 0) is 19.1 Å². The summed E-state index contributed by atoms with van der Waals surface area (Å²) in [4.78, 5) is 25.7. The molecule has 1 N–H and O–H groups in total. The predicted molar refractivity (Wildman–Crippen MR) is 113 cm³/mol. The van der Waals surface area contributed by atoms with Gasteiger partial charge in [0.2, 0.25) is 0 Å². The molecule has 1 aliphatic heterocycles. The van der Waals surface area contributed by atoms with Gasteiger partial charge in [0.1, 0.15) is 12.4 Å². The number of carbonyl (C=O) groups excluding carboxylic acids is 2. The molecule has 0 fully saturated rings. The summed E-state index contributed by atoms with van der Waals surface area (Å²) in [7, 11) is 0. The van der Waals surface area contributed by atoms with Gasteiger partial charge in [-0.2, -0.15) is 0 Å². The van der Waals surface area contributed by atoms with E-state index in [0.717, 1.165) is 4.47 Å². The van der Waals surface area contributed by atoms with Crippen LogP contribution in [0.1, 0.15) is 39.2 Å². The summed E-state index contributed by atoms with van der Waals surface area (Å²) in [5.41, 5.74) is 2.46. The Morgan fingerprint density at radius 2 is 1.66 bits per heavy atom. The van der Waals surface area contributed by atoms with Crippen molar-refractivity contribution >= 4 is 27.9 Å². The van der Waals surface area contributed by atoms with Crippen LogP contribution in [0, 0.1) is 12.3 Å². The number of halogens is 1. The highest BCUT2D eigenvalue weighted by Crippen LogP contribution is 2.43. The maximum Gasteiger partial charge on any atom is 0.336 e. The summed E-state index contributed by atoms with van der Waals surface area (Å²) in [6.45, 7) is 7.46. The fraction of sp³-hybridized carbons (Fsp3) is 0.364. The quantitative estimate of drug-likeness (QED) is 0.491. The van der Waals surface area contributed by atoms with E-state index in [4.69, 9.17) is 20.6 Å². The Balaban J connectivity index is 2.75. The minimum atomic E-state index is -0.736. The van der Waals surface area contributed by atoms with E-state index in [9.17, 15) is 9.59 Å². The van der Waals surface area contributed by atoms with Crippen LogP contribution in [0.3, 0.4) is 0 Å². The highest BCUT2D eigenvalue weighted by molar-refractivity contribution is 9.10. The minimum Gasteiger partial charge on any atom is -0.481 e. The first-order valence-electron chi connectivity index (χ1n) is 9.24. The summed E-state index contributed by atoms with van der Waals surface area (Å²) < 4.78 is 17.0. The lowest BCUT2D eigenvalue weighted by atomic mass is 9.80. The third kappa shape index (κ3) is 5.01. The molecule has 0 saturated carbocycles. The number of benzene rings is 1. The number of terminal acetylenes is 1.